The topological polar surface area (TPSA) is 32.3 Å². The standard InChI is InChI=1S/C15H12F2N2O/c16-12-3-1-2-10(6-12)8-19-9-11-7-13(17)4-5-14(11)18-15(19)20/h1-7H,8-9H2,(H,18,20). The summed E-state index contributed by atoms with van der Waals surface area (Å²) < 4.78 is 26.4. The van der Waals surface area contributed by atoms with Gasteiger partial charge in [-0.3, -0.25) is 0 Å². The van der Waals surface area contributed by atoms with Crippen LogP contribution in [0.4, 0.5) is 19.3 Å². The first-order chi connectivity index (χ1) is 9.61. The number of carbonyl (C=O) groups excluding carboxylic acids is 1. The van der Waals surface area contributed by atoms with Gasteiger partial charge in [0.05, 0.1) is 0 Å². The Hall–Kier alpha value is -2.43. The molecule has 0 saturated heterocycles. The van der Waals surface area contributed by atoms with Gasteiger partial charge in [0.15, 0.2) is 0 Å². The molecule has 1 aliphatic rings. The van der Waals surface area contributed by atoms with E-state index in [9.17, 15) is 13.6 Å². The van der Waals surface area contributed by atoms with Crippen LogP contribution < -0.4 is 5.32 Å². The molecule has 1 heterocycles. The highest BCUT2D eigenvalue weighted by Gasteiger charge is 2.22. The van der Waals surface area contributed by atoms with Gasteiger partial charge in [-0.15, -0.1) is 0 Å². The lowest BCUT2D eigenvalue weighted by Gasteiger charge is -2.29. The molecular weight excluding hydrogens is 262 g/mol. The normalized spacial score (nSPS) is 13.9. The molecule has 0 aliphatic carbocycles. The van der Waals surface area contributed by atoms with Crippen LogP contribution in [-0.4, -0.2) is 10.9 Å². The van der Waals surface area contributed by atoms with Gasteiger partial charge >= 0.3 is 6.03 Å². The molecule has 2 amide bonds. The highest BCUT2D eigenvalue weighted by Crippen LogP contribution is 2.25. The van der Waals surface area contributed by atoms with Gasteiger partial charge in [0, 0.05) is 18.8 Å². The summed E-state index contributed by atoms with van der Waals surface area (Å²) in [5.41, 5.74) is 2.02. The van der Waals surface area contributed by atoms with Crippen molar-refractivity contribution in [2.75, 3.05) is 5.32 Å². The van der Waals surface area contributed by atoms with E-state index in [4.69, 9.17) is 0 Å². The largest absolute Gasteiger partial charge is 0.322 e. The van der Waals surface area contributed by atoms with Crippen molar-refractivity contribution in [1.29, 1.82) is 0 Å². The van der Waals surface area contributed by atoms with Crippen molar-refractivity contribution >= 4 is 11.7 Å². The average Bonchev–Trinajstić information content (AvgIpc) is 2.40. The number of urea groups is 1. The van der Waals surface area contributed by atoms with Crippen LogP contribution in [0.5, 0.6) is 0 Å². The summed E-state index contributed by atoms with van der Waals surface area (Å²) in [6.07, 6.45) is 0. The number of amides is 2. The van der Waals surface area contributed by atoms with Gasteiger partial charge in [-0.25, -0.2) is 13.6 Å². The van der Waals surface area contributed by atoms with Gasteiger partial charge in [-0.1, -0.05) is 12.1 Å². The predicted octanol–water partition coefficient (Wildman–Crippen LogP) is 3.51. The van der Waals surface area contributed by atoms with Crippen molar-refractivity contribution in [3.8, 4) is 0 Å². The summed E-state index contributed by atoms with van der Waals surface area (Å²) in [6, 6.07) is 10.1. The van der Waals surface area contributed by atoms with E-state index in [2.05, 4.69) is 5.32 Å². The summed E-state index contributed by atoms with van der Waals surface area (Å²) in [6.45, 7) is 0.578. The van der Waals surface area contributed by atoms with E-state index in [0.29, 0.717) is 23.4 Å². The van der Waals surface area contributed by atoms with Crippen molar-refractivity contribution in [2.45, 2.75) is 13.1 Å². The molecule has 0 aromatic heterocycles. The van der Waals surface area contributed by atoms with Gasteiger partial charge in [-0.05, 0) is 41.5 Å². The zero-order valence-corrected chi connectivity index (χ0v) is 10.6. The number of carbonyl (C=O) groups is 1. The number of benzene rings is 2. The van der Waals surface area contributed by atoms with Gasteiger partial charge in [0.1, 0.15) is 11.6 Å². The number of halogens is 2. The average molecular weight is 274 g/mol. The molecule has 0 radical (unpaired) electrons. The number of hydrogen-bond acceptors (Lipinski definition) is 1. The first kappa shape index (κ1) is 12.6. The second-order valence-electron chi connectivity index (χ2n) is 4.72. The maximum absolute atomic E-state index is 13.2. The highest BCUT2D eigenvalue weighted by molar-refractivity contribution is 5.92. The van der Waals surface area contributed by atoms with E-state index in [0.717, 1.165) is 0 Å². The minimum Gasteiger partial charge on any atom is -0.316 e. The molecule has 3 rings (SSSR count). The smallest absolute Gasteiger partial charge is 0.316 e. The fraction of sp³-hybridized carbons (Fsp3) is 0.133. The van der Waals surface area contributed by atoms with Crippen LogP contribution in [0.3, 0.4) is 0 Å². The third-order valence-electron chi connectivity index (χ3n) is 3.22. The van der Waals surface area contributed by atoms with Crippen LogP contribution in [0, 0.1) is 11.6 Å². The maximum Gasteiger partial charge on any atom is 0.322 e. The van der Waals surface area contributed by atoms with Crippen LogP contribution in [-0.2, 0) is 13.1 Å². The summed E-state index contributed by atoms with van der Waals surface area (Å²) in [4.78, 5) is 13.5. The van der Waals surface area contributed by atoms with Crippen molar-refractivity contribution < 1.29 is 13.6 Å². The van der Waals surface area contributed by atoms with Gasteiger partial charge in [-0.2, -0.15) is 0 Å². The van der Waals surface area contributed by atoms with E-state index in [1.54, 1.807) is 18.2 Å². The van der Waals surface area contributed by atoms with Crippen molar-refractivity contribution in [3.05, 3.63) is 65.2 Å². The van der Waals surface area contributed by atoms with E-state index < -0.39 is 0 Å². The Morgan fingerprint density at radius 3 is 2.70 bits per heavy atom. The number of nitrogens with one attached hydrogen (secondary N) is 1. The Kier molecular flexibility index (Phi) is 3.10. The Morgan fingerprint density at radius 2 is 1.90 bits per heavy atom. The quantitative estimate of drug-likeness (QED) is 0.893. The SMILES string of the molecule is O=C1Nc2ccc(F)cc2CN1Cc1cccc(F)c1. The second kappa shape index (κ2) is 4.92. The predicted molar refractivity (Wildman–Crippen MR) is 71.1 cm³/mol. The molecule has 0 bridgehead atoms. The zero-order chi connectivity index (χ0) is 14.1. The number of anilines is 1. The first-order valence-corrected chi connectivity index (χ1v) is 6.20. The van der Waals surface area contributed by atoms with Gasteiger partial charge in [0.2, 0.25) is 0 Å². The number of fused-ring (bicyclic) bond motifs is 1. The number of hydrogen-bond donors (Lipinski definition) is 1. The minimum absolute atomic E-state index is 0.270. The lowest BCUT2D eigenvalue weighted by Crippen LogP contribution is -2.38. The fourth-order valence-electron chi connectivity index (χ4n) is 2.27. The fourth-order valence-corrected chi connectivity index (χ4v) is 2.27. The Balaban J connectivity index is 1.83. The molecule has 3 nitrogen and oxygen atoms in total. The van der Waals surface area contributed by atoms with Crippen molar-refractivity contribution in [3.63, 3.8) is 0 Å². The van der Waals surface area contributed by atoms with Gasteiger partial charge < -0.3 is 10.2 Å². The molecule has 0 spiro atoms. The second-order valence-corrected chi connectivity index (χ2v) is 4.72. The van der Waals surface area contributed by atoms with Crippen molar-refractivity contribution in [1.82, 2.24) is 4.90 Å². The molecule has 0 unspecified atom stereocenters. The zero-order valence-electron chi connectivity index (χ0n) is 10.6. The van der Waals surface area contributed by atoms with Crippen LogP contribution in [0.25, 0.3) is 0 Å². The Labute approximate surface area is 114 Å². The molecule has 1 aliphatic heterocycles. The molecule has 0 atom stereocenters. The Bertz CT molecular complexity index is 673. The number of rotatable bonds is 2. The third kappa shape index (κ3) is 2.47. The summed E-state index contributed by atoms with van der Waals surface area (Å²) in [5, 5.41) is 2.70. The van der Waals surface area contributed by atoms with E-state index >= 15 is 0 Å². The molecule has 0 saturated carbocycles. The Morgan fingerprint density at radius 1 is 1.10 bits per heavy atom. The van der Waals surface area contributed by atoms with Crippen LogP contribution in [0.2, 0.25) is 0 Å². The molecule has 5 heteroatoms. The highest BCUT2D eigenvalue weighted by atomic mass is 19.1. The maximum atomic E-state index is 13.2. The summed E-state index contributed by atoms with van der Waals surface area (Å²) >= 11 is 0. The molecule has 1 N–H and O–H groups in total. The van der Waals surface area contributed by atoms with Gasteiger partial charge in [0.25, 0.3) is 0 Å². The summed E-state index contributed by atoms with van der Waals surface area (Å²) in [5.74, 6) is -0.683. The minimum atomic E-state index is -0.342. The lowest BCUT2D eigenvalue weighted by molar-refractivity contribution is 0.203. The monoisotopic (exact) mass is 274 g/mol. The third-order valence-corrected chi connectivity index (χ3v) is 3.22. The van der Waals surface area contributed by atoms with Crippen LogP contribution >= 0.6 is 0 Å². The summed E-state index contributed by atoms with van der Waals surface area (Å²) in [7, 11) is 0. The van der Waals surface area contributed by atoms with E-state index in [1.807, 2.05) is 0 Å². The molecular formula is C15H12F2N2O. The number of nitrogens with zero attached hydrogens (tertiary/aromatic N) is 1. The lowest BCUT2D eigenvalue weighted by atomic mass is 10.1. The molecule has 2 aromatic rings. The van der Waals surface area contributed by atoms with Crippen LogP contribution in [0.1, 0.15) is 11.1 Å². The van der Waals surface area contributed by atoms with E-state index in [1.165, 1.54) is 29.2 Å². The molecule has 102 valence electrons. The van der Waals surface area contributed by atoms with Crippen LogP contribution in [0.15, 0.2) is 42.5 Å². The molecule has 20 heavy (non-hydrogen) atoms. The van der Waals surface area contributed by atoms with Crippen molar-refractivity contribution in [2.24, 2.45) is 0 Å². The molecule has 0 fully saturated rings. The van der Waals surface area contributed by atoms with E-state index in [-0.39, 0.29) is 24.2 Å². The molecule has 2 aromatic carbocycles. The first-order valence-electron chi connectivity index (χ1n) is 6.20.